The van der Waals surface area contributed by atoms with Crippen molar-refractivity contribution in [3.05, 3.63) is 52.5 Å². The summed E-state index contributed by atoms with van der Waals surface area (Å²) in [5.41, 5.74) is 2.03. The van der Waals surface area contributed by atoms with E-state index in [4.69, 9.17) is 9.47 Å². The highest BCUT2D eigenvalue weighted by molar-refractivity contribution is 9.10. The molecule has 142 valence electrons. The average molecular weight is 431 g/mol. The Balaban J connectivity index is 1.36. The smallest absolute Gasteiger partial charge is 0.228 e. The fourth-order valence-corrected chi connectivity index (χ4v) is 3.89. The third-order valence-electron chi connectivity index (χ3n) is 5.01. The number of likely N-dealkylation sites (tertiary alicyclic amines) is 1. The molecule has 1 fully saturated rings. The van der Waals surface area contributed by atoms with Crippen LogP contribution >= 0.6 is 15.9 Å². The van der Waals surface area contributed by atoms with E-state index < -0.39 is 0 Å². The SMILES string of the molecule is O=C(Nc1ccc2c(c1)OCCO2)C1CCCN(Cc2ccc(Br)cc2)C1. The van der Waals surface area contributed by atoms with Gasteiger partial charge in [-0.3, -0.25) is 9.69 Å². The predicted molar refractivity (Wildman–Crippen MR) is 108 cm³/mol. The highest BCUT2D eigenvalue weighted by Gasteiger charge is 2.26. The number of hydrogen-bond acceptors (Lipinski definition) is 4. The molecule has 0 spiro atoms. The quantitative estimate of drug-likeness (QED) is 0.793. The number of piperidine rings is 1. The number of nitrogens with zero attached hydrogens (tertiary/aromatic N) is 1. The van der Waals surface area contributed by atoms with E-state index in [1.54, 1.807) is 0 Å². The molecule has 6 heteroatoms. The Hall–Kier alpha value is -2.05. The number of fused-ring (bicyclic) bond motifs is 1. The van der Waals surface area contributed by atoms with Gasteiger partial charge in [0.25, 0.3) is 0 Å². The Morgan fingerprint density at radius 2 is 1.89 bits per heavy atom. The first-order chi connectivity index (χ1) is 13.2. The van der Waals surface area contributed by atoms with Gasteiger partial charge in [-0.1, -0.05) is 28.1 Å². The number of rotatable bonds is 4. The molecule has 1 unspecified atom stereocenters. The maximum absolute atomic E-state index is 12.8. The third kappa shape index (κ3) is 4.62. The third-order valence-corrected chi connectivity index (χ3v) is 5.53. The minimum absolute atomic E-state index is 0.00222. The second kappa shape index (κ2) is 8.31. The molecule has 0 radical (unpaired) electrons. The number of nitrogens with one attached hydrogen (secondary N) is 1. The summed E-state index contributed by atoms with van der Waals surface area (Å²) in [5.74, 6) is 1.51. The number of carbonyl (C=O) groups excluding carboxylic acids is 1. The molecule has 0 bridgehead atoms. The lowest BCUT2D eigenvalue weighted by Gasteiger charge is -2.32. The highest BCUT2D eigenvalue weighted by Crippen LogP contribution is 2.33. The zero-order chi connectivity index (χ0) is 18.6. The molecule has 27 heavy (non-hydrogen) atoms. The minimum atomic E-state index is 0.00222. The molecule has 1 atom stereocenters. The molecule has 2 aliphatic rings. The van der Waals surface area contributed by atoms with Crippen molar-refractivity contribution in [2.75, 3.05) is 31.6 Å². The molecule has 1 saturated heterocycles. The minimum Gasteiger partial charge on any atom is -0.486 e. The lowest BCUT2D eigenvalue weighted by Crippen LogP contribution is -2.40. The van der Waals surface area contributed by atoms with Gasteiger partial charge in [0.05, 0.1) is 5.92 Å². The number of ether oxygens (including phenoxy) is 2. The topological polar surface area (TPSA) is 50.8 Å². The summed E-state index contributed by atoms with van der Waals surface area (Å²) < 4.78 is 12.2. The molecule has 5 nitrogen and oxygen atoms in total. The summed E-state index contributed by atoms with van der Waals surface area (Å²) in [6, 6.07) is 13.9. The Labute approximate surface area is 167 Å². The van der Waals surface area contributed by atoms with Crippen molar-refractivity contribution in [3.63, 3.8) is 0 Å². The Kier molecular flexibility index (Phi) is 5.64. The van der Waals surface area contributed by atoms with Crippen LogP contribution in [0.4, 0.5) is 5.69 Å². The van der Waals surface area contributed by atoms with E-state index in [0.29, 0.717) is 19.0 Å². The number of carbonyl (C=O) groups is 1. The largest absolute Gasteiger partial charge is 0.486 e. The van der Waals surface area contributed by atoms with E-state index in [9.17, 15) is 4.79 Å². The zero-order valence-electron chi connectivity index (χ0n) is 15.1. The molecule has 0 saturated carbocycles. The van der Waals surface area contributed by atoms with E-state index in [2.05, 4.69) is 50.4 Å². The van der Waals surface area contributed by atoms with E-state index >= 15 is 0 Å². The predicted octanol–water partition coefficient (Wildman–Crippen LogP) is 4.07. The van der Waals surface area contributed by atoms with Crippen LogP contribution in [0.1, 0.15) is 18.4 Å². The van der Waals surface area contributed by atoms with Crippen LogP contribution < -0.4 is 14.8 Å². The number of anilines is 1. The molecule has 0 aliphatic carbocycles. The number of benzene rings is 2. The van der Waals surface area contributed by atoms with Crippen LogP contribution in [0.25, 0.3) is 0 Å². The summed E-state index contributed by atoms with van der Waals surface area (Å²) in [5, 5.41) is 3.05. The first-order valence-corrected chi connectivity index (χ1v) is 10.1. The average Bonchev–Trinajstić information content (AvgIpc) is 2.70. The van der Waals surface area contributed by atoms with Crippen molar-refractivity contribution in [3.8, 4) is 11.5 Å². The van der Waals surface area contributed by atoms with Gasteiger partial charge in [-0.25, -0.2) is 0 Å². The zero-order valence-corrected chi connectivity index (χ0v) is 16.7. The van der Waals surface area contributed by atoms with Crippen LogP contribution in [-0.2, 0) is 11.3 Å². The second-order valence-electron chi connectivity index (χ2n) is 7.05. The summed E-state index contributed by atoms with van der Waals surface area (Å²) >= 11 is 3.47. The molecule has 4 rings (SSSR count). The summed E-state index contributed by atoms with van der Waals surface area (Å²) in [6.07, 6.45) is 1.96. The Morgan fingerprint density at radius 1 is 1.11 bits per heavy atom. The Morgan fingerprint density at radius 3 is 2.70 bits per heavy atom. The number of halogens is 1. The molecule has 1 amide bonds. The molecule has 2 aromatic rings. The lowest BCUT2D eigenvalue weighted by molar-refractivity contribution is -0.121. The molecule has 0 aromatic heterocycles. The van der Waals surface area contributed by atoms with Gasteiger partial charge >= 0.3 is 0 Å². The number of hydrogen-bond donors (Lipinski definition) is 1. The molecular formula is C21H23BrN2O3. The van der Waals surface area contributed by atoms with Gasteiger partial charge in [-0.15, -0.1) is 0 Å². The van der Waals surface area contributed by atoms with E-state index in [1.807, 2.05) is 18.2 Å². The van der Waals surface area contributed by atoms with Gasteiger partial charge < -0.3 is 14.8 Å². The molecular weight excluding hydrogens is 408 g/mol. The summed E-state index contributed by atoms with van der Waals surface area (Å²) in [7, 11) is 0. The second-order valence-corrected chi connectivity index (χ2v) is 7.96. The summed E-state index contributed by atoms with van der Waals surface area (Å²) in [4.78, 5) is 15.1. The van der Waals surface area contributed by atoms with Crippen LogP contribution in [0, 0.1) is 5.92 Å². The Bertz CT molecular complexity index is 810. The van der Waals surface area contributed by atoms with Gasteiger partial charge in [0.1, 0.15) is 13.2 Å². The fourth-order valence-electron chi connectivity index (χ4n) is 3.63. The van der Waals surface area contributed by atoms with Gasteiger partial charge in [-0.2, -0.15) is 0 Å². The molecule has 2 aromatic carbocycles. The van der Waals surface area contributed by atoms with Crippen LogP contribution in [0.5, 0.6) is 11.5 Å². The van der Waals surface area contributed by atoms with Crippen LogP contribution in [0.3, 0.4) is 0 Å². The maximum Gasteiger partial charge on any atom is 0.228 e. The first kappa shape index (κ1) is 18.3. The van der Waals surface area contributed by atoms with Crippen molar-refractivity contribution >= 4 is 27.5 Å². The molecule has 2 heterocycles. The van der Waals surface area contributed by atoms with Gasteiger partial charge in [0, 0.05) is 29.3 Å². The van der Waals surface area contributed by atoms with Crippen molar-refractivity contribution in [1.29, 1.82) is 0 Å². The monoisotopic (exact) mass is 430 g/mol. The van der Waals surface area contributed by atoms with Crippen molar-refractivity contribution < 1.29 is 14.3 Å². The van der Waals surface area contributed by atoms with Crippen molar-refractivity contribution in [2.45, 2.75) is 19.4 Å². The normalized spacial score (nSPS) is 19.5. The van der Waals surface area contributed by atoms with Crippen LogP contribution in [0.15, 0.2) is 46.9 Å². The van der Waals surface area contributed by atoms with Gasteiger partial charge in [-0.05, 0) is 49.2 Å². The number of amides is 1. The maximum atomic E-state index is 12.8. The lowest BCUT2D eigenvalue weighted by atomic mass is 9.96. The standard InChI is InChI=1S/C21H23BrN2O3/c22-17-5-3-15(4-6-17)13-24-9-1-2-16(14-24)21(25)23-18-7-8-19-20(12-18)27-11-10-26-19/h3-8,12,16H,1-2,9-11,13-14H2,(H,23,25). The van der Waals surface area contributed by atoms with Crippen molar-refractivity contribution in [1.82, 2.24) is 4.90 Å². The summed E-state index contributed by atoms with van der Waals surface area (Å²) in [6.45, 7) is 3.80. The van der Waals surface area contributed by atoms with Gasteiger partial charge in [0.15, 0.2) is 11.5 Å². The van der Waals surface area contributed by atoms with E-state index in [1.165, 1.54) is 5.56 Å². The first-order valence-electron chi connectivity index (χ1n) is 9.35. The van der Waals surface area contributed by atoms with Crippen molar-refractivity contribution in [2.24, 2.45) is 5.92 Å². The van der Waals surface area contributed by atoms with E-state index in [-0.39, 0.29) is 11.8 Å². The highest BCUT2D eigenvalue weighted by atomic mass is 79.9. The van der Waals surface area contributed by atoms with Crippen LogP contribution in [0.2, 0.25) is 0 Å². The molecule has 2 aliphatic heterocycles. The fraction of sp³-hybridized carbons (Fsp3) is 0.381. The van der Waals surface area contributed by atoms with Crippen LogP contribution in [-0.4, -0.2) is 37.1 Å². The van der Waals surface area contributed by atoms with E-state index in [0.717, 1.165) is 48.4 Å². The van der Waals surface area contributed by atoms with Gasteiger partial charge in [0.2, 0.25) is 5.91 Å². The molecule has 1 N–H and O–H groups in total.